The molecule has 0 atom stereocenters. The minimum atomic E-state index is 1.60. The molecular weight excluding hydrogens is 205 g/mol. The van der Waals surface area contributed by atoms with Crippen molar-refractivity contribution in [3.05, 3.63) is 12.4 Å². The first kappa shape index (κ1) is 4.80. The summed E-state index contributed by atoms with van der Waals surface area (Å²) in [4.78, 5) is 3.58. The van der Waals surface area contributed by atoms with Crippen LogP contribution in [0, 0.1) is 0 Å². The zero-order chi connectivity index (χ0) is 5.11. The lowest BCUT2D eigenvalue weighted by molar-refractivity contribution is 0.726. The van der Waals surface area contributed by atoms with Crippen LogP contribution in [0.2, 0.25) is 0 Å². The first-order valence-corrected chi connectivity index (χ1v) is 2.63. The molecule has 4 heteroatoms. The molecule has 0 amide bonds. The van der Waals surface area contributed by atoms with Crippen molar-refractivity contribution < 1.29 is 0 Å². The number of nitrogens with zero attached hydrogens (tertiary/aromatic N) is 3. The highest BCUT2D eigenvalue weighted by Gasteiger charge is 1.84. The van der Waals surface area contributed by atoms with Crippen molar-refractivity contribution in [1.82, 2.24) is 3.22 Å². The van der Waals surface area contributed by atoms with Crippen LogP contribution in [0.1, 0.15) is 0 Å². The van der Waals surface area contributed by atoms with Gasteiger partial charge < -0.3 is 0 Å². The molecule has 0 bridgehead atoms. The van der Waals surface area contributed by atoms with Crippen LogP contribution in [0.15, 0.2) is 22.5 Å². The van der Waals surface area contributed by atoms with Gasteiger partial charge in [-0.3, -0.25) is 0 Å². The summed E-state index contributed by atoms with van der Waals surface area (Å²) in [5.41, 5.74) is 0. The number of aliphatic imine (C=N–C) groups is 1. The van der Waals surface area contributed by atoms with E-state index >= 15 is 0 Å². The summed E-state index contributed by atoms with van der Waals surface area (Å²) in [7, 11) is 0. The predicted octanol–water partition coefficient (Wildman–Crippen LogP) is 1.21. The summed E-state index contributed by atoms with van der Waals surface area (Å²) in [6.45, 7) is 0. The van der Waals surface area contributed by atoms with Gasteiger partial charge in [0.05, 0.1) is 35.3 Å². The molecule has 0 spiro atoms. The van der Waals surface area contributed by atoms with Gasteiger partial charge in [0, 0.05) is 0 Å². The number of halogens is 1. The van der Waals surface area contributed by atoms with Gasteiger partial charge in [0.15, 0.2) is 0 Å². The molecule has 0 aromatic rings. The van der Waals surface area contributed by atoms with Crippen LogP contribution in [0.25, 0.3) is 0 Å². The Bertz CT molecular complexity index is 144. The Morgan fingerprint density at radius 2 is 2.57 bits per heavy atom. The molecule has 0 radical (unpaired) electrons. The maximum atomic E-state index is 3.65. The minimum absolute atomic E-state index is 1.60. The molecule has 3 nitrogen and oxygen atoms in total. The van der Waals surface area contributed by atoms with E-state index in [9.17, 15) is 0 Å². The molecule has 0 aromatic heterocycles. The van der Waals surface area contributed by atoms with Crippen LogP contribution < -0.4 is 0 Å². The van der Waals surface area contributed by atoms with Crippen molar-refractivity contribution in [2.75, 3.05) is 0 Å². The highest BCUT2D eigenvalue weighted by Crippen LogP contribution is 2.00. The summed E-state index contributed by atoms with van der Waals surface area (Å²) in [6.07, 6.45) is 3.36. The van der Waals surface area contributed by atoms with E-state index in [1.807, 2.05) is 22.9 Å². The molecule has 36 valence electrons. The average Bonchev–Trinajstić information content (AvgIpc) is 1.69. The fraction of sp³-hybridized carbons (Fsp3) is 0. The number of hydrazone groups is 1. The lowest BCUT2D eigenvalue weighted by atomic mass is 10.9. The normalized spacial score (nSPS) is 15.9. The monoisotopic (exact) mass is 207 g/mol. The van der Waals surface area contributed by atoms with Gasteiger partial charge in [-0.15, -0.1) is 0 Å². The van der Waals surface area contributed by atoms with E-state index in [0.717, 1.165) is 0 Å². The Morgan fingerprint density at radius 1 is 1.71 bits per heavy atom. The second kappa shape index (κ2) is 2.09. The highest BCUT2D eigenvalue weighted by molar-refractivity contribution is 14.1. The van der Waals surface area contributed by atoms with E-state index in [1.54, 1.807) is 15.6 Å². The Balaban J connectivity index is 2.77. The summed E-state index contributed by atoms with van der Waals surface area (Å²) in [6, 6.07) is 2.42. The Labute approximate surface area is 54.9 Å². The number of hydrogen-bond acceptors (Lipinski definition) is 3. The van der Waals surface area contributed by atoms with Crippen LogP contribution in [-0.2, 0) is 0 Å². The van der Waals surface area contributed by atoms with Crippen molar-refractivity contribution >= 4 is 28.9 Å². The third kappa shape index (κ3) is 1.29. The molecule has 0 unspecified atom stereocenters. The van der Waals surface area contributed by atoms with Gasteiger partial charge in [0.25, 0.3) is 0 Å². The second-order valence-corrected chi connectivity index (χ2v) is 1.90. The molecule has 0 saturated carbocycles. The maximum Gasteiger partial charge on any atom is 0.121 e. The first-order chi connectivity index (χ1) is 3.39. The van der Waals surface area contributed by atoms with Crippen molar-refractivity contribution in [2.45, 2.75) is 0 Å². The lowest BCUT2D eigenvalue weighted by Crippen LogP contribution is -1.90. The summed E-state index contributed by atoms with van der Waals surface area (Å²) in [5.74, 6) is 0. The van der Waals surface area contributed by atoms with E-state index in [2.05, 4.69) is 16.1 Å². The van der Waals surface area contributed by atoms with Gasteiger partial charge in [0.1, 0.15) is 6.01 Å². The topological polar surface area (TPSA) is 28.0 Å². The Kier molecular flexibility index (Phi) is 1.43. The molecule has 1 heterocycles. The first-order valence-electron chi connectivity index (χ1n) is 1.67. The zero-order valence-electron chi connectivity index (χ0n) is 3.37. The van der Waals surface area contributed by atoms with Crippen molar-refractivity contribution in [3.63, 3.8) is 0 Å². The molecule has 0 aromatic carbocycles. The standard InChI is InChI=1S/C3H2IN3/c4-7-2-1-5-3-6-7/h1-2H. The largest absolute Gasteiger partial charge is 0.200 e. The van der Waals surface area contributed by atoms with E-state index in [-0.39, 0.29) is 0 Å². The van der Waals surface area contributed by atoms with E-state index in [0.29, 0.717) is 0 Å². The van der Waals surface area contributed by atoms with Crippen LogP contribution >= 0.6 is 22.9 Å². The van der Waals surface area contributed by atoms with Gasteiger partial charge in [-0.25, -0.2) is 3.22 Å². The Morgan fingerprint density at radius 3 is 2.86 bits per heavy atom. The molecule has 0 N–H and O–H groups in total. The molecule has 0 saturated heterocycles. The van der Waals surface area contributed by atoms with Gasteiger partial charge in [-0.2, -0.15) is 4.99 Å². The molecule has 0 fully saturated rings. The van der Waals surface area contributed by atoms with Gasteiger partial charge in [0.2, 0.25) is 0 Å². The van der Waals surface area contributed by atoms with E-state index in [4.69, 9.17) is 0 Å². The van der Waals surface area contributed by atoms with Crippen molar-refractivity contribution in [1.29, 1.82) is 0 Å². The summed E-state index contributed by atoms with van der Waals surface area (Å²) < 4.78 is 1.60. The Hall–Kier alpha value is -0.350. The smallest absolute Gasteiger partial charge is 0.121 e. The van der Waals surface area contributed by atoms with Gasteiger partial charge in [-0.1, -0.05) is 5.10 Å². The predicted molar refractivity (Wildman–Crippen MR) is 34.9 cm³/mol. The fourth-order valence-electron chi connectivity index (χ4n) is 0.224. The highest BCUT2D eigenvalue weighted by atomic mass is 127. The number of rotatable bonds is 0. The summed E-state index contributed by atoms with van der Waals surface area (Å²) in [5, 5.41) is 3.65. The SMILES string of the molecule is IN1C=CN=C=N1. The second-order valence-electron chi connectivity index (χ2n) is 0.916. The molecule has 1 aliphatic rings. The van der Waals surface area contributed by atoms with Crippen LogP contribution in [-0.4, -0.2) is 9.23 Å². The lowest BCUT2D eigenvalue weighted by Gasteiger charge is -1.98. The molecular formula is C3H2IN3. The van der Waals surface area contributed by atoms with E-state index < -0.39 is 0 Å². The third-order valence-corrected chi connectivity index (χ3v) is 1.000. The number of hydrogen-bond donors (Lipinski definition) is 0. The minimum Gasteiger partial charge on any atom is -0.200 e. The van der Waals surface area contributed by atoms with Crippen molar-refractivity contribution in [3.8, 4) is 0 Å². The van der Waals surface area contributed by atoms with Crippen LogP contribution in [0.5, 0.6) is 0 Å². The maximum absolute atomic E-state index is 3.65. The average molecular weight is 207 g/mol. The molecule has 0 aliphatic carbocycles. The van der Waals surface area contributed by atoms with Crippen molar-refractivity contribution in [2.24, 2.45) is 10.1 Å². The van der Waals surface area contributed by atoms with Crippen LogP contribution in [0.4, 0.5) is 0 Å². The third-order valence-electron chi connectivity index (χ3n) is 0.462. The van der Waals surface area contributed by atoms with E-state index in [1.165, 1.54) is 0 Å². The summed E-state index contributed by atoms with van der Waals surface area (Å²) >= 11 is 2.01. The van der Waals surface area contributed by atoms with Crippen LogP contribution in [0.3, 0.4) is 0 Å². The van der Waals surface area contributed by atoms with Gasteiger partial charge in [-0.05, 0) is 0 Å². The molecule has 7 heavy (non-hydrogen) atoms. The zero-order valence-corrected chi connectivity index (χ0v) is 5.53. The van der Waals surface area contributed by atoms with Gasteiger partial charge >= 0.3 is 0 Å². The molecule has 1 aliphatic heterocycles. The molecule has 1 rings (SSSR count). The fourth-order valence-corrected chi connectivity index (χ4v) is 0.464. The quantitative estimate of drug-likeness (QED) is 0.433.